The van der Waals surface area contributed by atoms with E-state index in [0.29, 0.717) is 0 Å². The summed E-state index contributed by atoms with van der Waals surface area (Å²) < 4.78 is 5.78. The van der Waals surface area contributed by atoms with Gasteiger partial charge in [0.25, 0.3) is 0 Å². The molecule has 4 nitrogen and oxygen atoms in total. The van der Waals surface area contributed by atoms with E-state index in [1.807, 2.05) is 18.2 Å². The maximum Gasteiger partial charge on any atom is 0.142 e. The first kappa shape index (κ1) is 15.1. The molecule has 1 heterocycles. The highest BCUT2D eigenvalue weighted by molar-refractivity contribution is 5.59. The molecule has 4 heteroatoms. The lowest BCUT2D eigenvalue weighted by Crippen LogP contribution is -2.54. The van der Waals surface area contributed by atoms with Crippen LogP contribution in [-0.2, 0) is 0 Å². The number of anilines is 1. The number of nitrogens with one attached hydrogen (secondary N) is 1. The fraction of sp³-hybridized carbons (Fsp3) is 0.625. The Hall–Kier alpha value is -1.26. The van der Waals surface area contributed by atoms with Gasteiger partial charge in [0, 0.05) is 13.1 Å². The van der Waals surface area contributed by atoms with Crippen LogP contribution in [0.15, 0.2) is 24.3 Å². The van der Waals surface area contributed by atoms with Crippen molar-refractivity contribution in [1.29, 1.82) is 0 Å². The number of ether oxygens (including phenoxy) is 1. The van der Waals surface area contributed by atoms with Gasteiger partial charge in [0.1, 0.15) is 5.75 Å². The number of fused-ring (bicyclic) bond motifs is 1. The van der Waals surface area contributed by atoms with Crippen molar-refractivity contribution in [3.8, 4) is 5.75 Å². The lowest BCUT2D eigenvalue weighted by Gasteiger charge is -2.36. The van der Waals surface area contributed by atoms with Crippen molar-refractivity contribution in [2.45, 2.75) is 32.2 Å². The number of benzene rings is 1. The van der Waals surface area contributed by atoms with Crippen molar-refractivity contribution in [3.05, 3.63) is 24.3 Å². The molecular formula is C16H26N2O2. The Labute approximate surface area is 121 Å². The van der Waals surface area contributed by atoms with Crippen molar-refractivity contribution < 1.29 is 9.84 Å². The van der Waals surface area contributed by atoms with Gasteiger partial charge < -0.3 is 20.1 Å². The average molecular weight is 278 g/mol. The summed E-state index contributed by atoms with van der Waals surface area (Å²) in [6.45, 7) is 7.77. The number of rotatable bonds is 6. The molecule has 2 N–H and O–H groups in total. The fourth-order valence-corrected chi connectivity index (χ4v) is 2.57. The quantitative estimate of drug-likeness (QED) is 0.836. The molecule has 0 aliphatic carbocycles. The number of para-hydroxylation sites is 2. The SMILES string of the molecule is CCCNC(C)(CO)CN1CCCOc2ccccc21. The van der Waals surface area contributed by atoms with Crippen molar-refractivity contribution in [2.24, 2.45) is 0 Å². The first-order valence-corrected chi connectivity index (χ1v) is 7.51. The molecule has 1 aliphatic rings. The van der Waals surface area contributed by atoms with Crippen LogP contribution in [0.3, 0.4) is 0 Å². The Bertz CT molecular complexity index is 425. The maximum atomic E-state index is 9.74. The third-order valence-electron chi connectivity index (χ3n) is 3.73. The second-order valence-corrected chi connectivity index (χ2v) is 5.74. The standard InChI is InChI=1S/C16H26N2O2/c1-3-9-17-16(2,13-19)12-18-10-6-11-20-15-8-5-4-7-14(15)18/h4-5,7-8,17,19H,3,6,9-13H2,1-2H3. The summed E-state index contributed by atoms with van der Waals surface area (Å²) in [5.74, 6) is 0.945. The van der Waals surface area contributed by atoms with Crippen LogP contribution in [0.1, 0.15) is 26.7 Å². The molecule has 0 fully saturated rings. The molecule has 1 unspecified atom stereocenters. The van der Waals surface area contributed by atoms with E-state index < -0.39 is 0 Å². The lowest BCUT2D eigenvalue weighted by molar-refractivity contribution is 0.178. The van der Waals surface area contributed by atoms with E-state index in [4.69, 9.17) is 4.74 Å². The molecule has 20 heavy (non-hydrogen) atoms. The van der Waals surface area contributed by atoms with E-state index >= 15 is 0 Å². The highest BCUT2D eigenvalue weighted by atomic mass is 16.5. The summed E-state index contributed by atoms with van der Waals surface area (Å²) >= 11 is 0. The van der Waals surface area contributed by atoms with E-state index in [1.165, 1.54) is 0 Å². The lowest BCUT2D eigenvalue weighted by atomic mass is 10.0. The molecule has 0 radical (unpaired) electrons. The summed E-state index contributed by atoms with van der Waals surface area (Å²) in [5.41, 5.74) is 0.843. The van der Waals surface area contributed by atoms with E-state index in [2.05, 4.69) is 30.1 Å². The molecule has 1 aromatic carbocycles. The van der Waals surface area contributed by atoms with Crippen LogP contribution in [0.25, 0.3) is 0 Å². The molecule has 0 spiro atoms. The van der Waals surface area contributed by atoms with Gasteiger partial charge in [0.15, 0.2) is 0 Å². The molecule has 0 bridgehead atoms. The van der Waals surface area contributed by atoms with Crippen LogP contribution in [0.4, 0.5) is 5.69 Å². The van der Waals surface area contributed by atoms with Gasteiger partial charge in [0.2, 0.25) is 0 Å². The first-order chi connectivity index (χ1) is 9.68. The Balaban J connectivity index is 2.15. The van der Waals surface area contributed by atoms with Gasteiger partial charge in [-0.25, -0.2) is 0 Å². The minimum atomic E-state index is -0.284. The molecular weight excluding hydrogens is 252 g/mol. The van der Waals surface area contributed by atoms with Gasteiger partial charge in [0.05, 0.1) is 24.4 Å². The van der Waals surface area contributed by atoms with Crippen LogP contribution < -0.4 is 15.0 Å². The Morgan fingerprint density at radius 1 is 1.40 bits per heavy atom. The minimum absolute atomic E-state index is 0.131. The van der Waals surface area contributed by atoms with Crippen LogP contribution in [0, 0.1) is 0 Å². The fourth-order valence-electron chi connectivity index (χ4n) is 2.57. The topological polar surface area (TPSA) is 44.7 Å². The van der Waals surface area contributed by atoms with Crippen molar-refractivity contribution in [3.63, 3.8) is 0 Å². The smallest absolute Gasteiger partial charge is 0.142 e. The minimum Gasteiger partial charge on any atom is -0.491 e. The first-order valence-electron chi connectivity index (χ1n) is 7.51. The summed E-state index contributed by atoms with van der Waals surface area (Å²) in [7, 11) is 0. The number of aliphatic hydroxyl groups excluding tert-OH is 1. The van der Waals surface area contributed by atoms with E-state index in [9.17, 15) is 5.11 Å². The zero-order valence-corrected chi connectivity index (χ0v) is 12.6. The molecule has 112 valence electrons. The number of hydrogen-bond acceptors (Lipinski definition) is 4. The largest absolute Gasteiger partial charge is 0.491 e. The third-order valence-corrected chi connectivity index (χ3v) is 3.73. The Morgan fingerprint density at radius 2 is 2.20 bits per heavy atom. The second kappa shape index (κ2) is 6.95. The molecule has 1 aromatic rings. The maximum absolute atomic E-state index is 9.74. The van der Waals surface area contributed by atoms with E-state index in [1.54, 1.807) is 0 Å². The van der Waals surface area contributed by atoms with Crippen LogP contribution >= 0.6 is 0 Å². The molecule has 0 saturated carbocycles. The molecule has 1 aliphatic heterocycles. The van der Waals surface area contributed by atoms with Crippen LogP contribution in [-0.4, -0.2) is 43.5 Å². The predicted octanol–water partition coefficient (Wildman–Crippen LogP) is 2.03. The van der Waals surface area contributed by atoms with Crippen molar-refractivity contribution in [1.82, 2.24) is 5.32 Å². The Morgan fingerprint density at radius 3 is 2.95 bits per heavy atom. The molecule has 0 amide bonds. The number of nitrogens with zero attached hydrogens (tertiary/aromatic N) is 1. The number of aliphatic hydroxyl groups is 1. The van der Waals surface area contributed by atoms with Gasteiger partial charge in [-0.3, -0.25) is 0 Å². The van der Waals surface area contributed by atoms with E-state index in [0.717, 1.165) is 50.5 Å². The summed E-state index contributed by atoms with van der Waals surface area (Å²) in [6, 6.07) is 8.15. The van der Waals surface area contributed by atoms with Gasteiger partial charge in [-0.2, -0.15) is 0 Å². The molecule has 0 saturated heterocycles. The molecule has 0 aromatic heterocycles. The summed E-state index contributed by atoms with van der Waals surface area (Å²) in [6.07, 6.45) is 2.07. The number of hydrogen-bond donors (Lipinski definition) is 2. The van der Waals surface area contributed by atoms with Crippen LogP contribution in [0.2, 0.25) is 0 Å². The van der Waals surface area contributed by atoms with Gasteiger partial charge in [-0.1, -0.05) is 19.1 Å². The van der Waals surface area contributed by atoms with Crippen LogP contribution in [0.5, 0.6) is 5.75 Å². The predicted molar refractivity (Wildman–Crippen MR) is 82.6 cm³/mol. The zero-order chi connectivity index (χ0) is 14.4. The molecule has 2 rings (SSSR count). The van der Waals surface area contributed by atoms with Crippen molar-refractivity contribution >= 4 is 5.69 Å². The summed E-state index contributed by atoms with van der Waals surface area (Å²) in [5, 5.41) is 13.2. The van der Waals surface area contributed by atoms with Gasteiger partial charge in [-0.05, 0) is 38.4 Å². The third kappa shape index (κ3) is 3.64. The van der Waals surface area contributed by atoms with Gasteiger partial charge >= 0.3 is 0 Å². The monoisotopic (exact) mass is 278 g/mol. The normalized spacial score (nSPS) is 17.9. The summed E-state index contributed by atoms with van der Waals surface area (Å²) in [4.78, 5) is 2.32. The second-order valence-electron chi connectivity index (χ2n) is 5.74. The van der Waals surface area contributed by atoms with Crippen molar-refractivity contribution in [2.75, 3.05) is 37.7 Å². The van der Waals surface area contributed by atoms with Gasteiger partial charge in [-0.15, -0.1) is 0 Å². The zero-order valence-electron chi connectivity index (χ0n) is 12.6. The molecule has 1 atom stereocenters. The highest BCUT2D eigenvalue weighted by Gasteiger charge is 2.27. The average Bonchev–Trinajstić information content (AvgIpc) is 2.68. The van der Waals surface area contributed by atoms with E-state index in [-0.39, 0.29) is 12.1 Å². The Kier molecular flexibility index (Phi) is 5.26. The highest BCUT2D eigenvalue weighted by Crippen LogP contribution is 2.31.